The van der Waals surface area contributed by atoms with E-state index in [2.05, 4.69) is 15.3 Å². The lowest BCUT2D eigenvalue weighted by atomic mass is 10.2. The van der Waals surface area contributed by atoms with E-state index in [-0.39, 0.29) is 0 Å². The van der Waals surface area contributed by atoms with E-state index in [1.165, 1.54) is 0 Å². The molecule has 1 aromatic carbocycles. The molecule has 0 atom stereocenters. The van der Waals surface area contributed by atoms with Crippen LogP contribution in [0.4, 0.5) is 11.4 Å². The van der Waals surface area contributed by atoms with Gasteiger partial charge in [0.05, 0.1) is 24.9 Å². The molecule has 18 heavy (non-hydrogen) atoms. The maximum Gasteiger partial charge on any atom is 0.252 e. The number of nitrogen functional groups attached to an aromatic ring is 1. The molecule has 0 saturated heterocycles. The monoisotopic (exact) mass is 247 g/mol. The van der Waals surface area contributed by atoms with Crippen LogP contribution in [0.15, 0.2) is 30.6 Å². The number of aryl methyl sites for hydroxylation is 1. The third-order valence-corrected chi connectivity index (χ3v) is 2.78. The van der Waals surface area contributed by atoms with Crippen molar-refractivity contribution in [1.29, 1.82) is 0 Å². The van der Waals surface area contributed by atoms with Gasteiger partial charge in [0.15, 0.2) is 0 Å². The van der Waals surface area contributed by atoms with Crippen LogP contribution in [0.3, 0.4) is 0 Å². The van der Waals surface area contributed by atoms with Crippen molar-refractivity contribution in [3.05, 3.63) is 36.4 Å². The molecule has 0 amide bonds. The van der Waals surface area contributed by atoms with Crippen LogP contribution < -0.4 is 20.8 Å². The van der Waals surface area contributed by atoms with Crippen molar-refractivity contribution in [1.82, 2.24) is 4.98 Å². The molecule has 5 N–H and O–H groups in total. The van der Waals surface area contributed by atoms with Crippen LogP contribution in [0.5, 0.6) is 5.75 Å². The zero-order chi connectivity index (χ0) is 12.8. The first kappa shape index (κ1) is 12.3. The van der Waals surface area contributed by atoms with Crippen LogP contribution in [0, 0.1) is 0 Å². The van der Waals surface area contributed by atoms with Crippen molar-refractivity contribution in [2.75, 3.05) is 24.7 Å². The second-order valence-electron chi connectivity index (χ2n) is 4.08. The highest BCUT2D eigenvalue weighted by Gasteiger charge is 2.03. The number of anilines is 2. The zero-order valence-electron chi connectivity index (χ0n) is 10.5. The van der Waals surface area contributed by atoms with Gasteiger partial charge in [-0.15, -0.1) is 0 Å². The van der Waals surface area contributed by atoms with Gasteiger partial charge >= 0.3 is 0 Å². The summed E-state index contributed by atoms with van der Waals surface area (Å²) < 4.78 is 5.17. The van der Waals surface area contributed by atoms with Gasteiger partial charge in [0.25, 0.3) is 5.82 Å². The lowest BCUT2D eigenvalue weighted by molar-refractivity contribution is -0.388. The Balaban J connectivity index is 1.82. The second-order valence-corrected chi connectivity index (χ2v) is 4.08. The molecule has 0 fully saturated rings. The number of nitrogens with one attached hydrogen (secondary N) is 3. The predicted molar refractivity (Wildman–Crippen MR) is 71.6 cm³/mol. The molecule has 0 radical (unpaired) electrons. The van der Waals surface area contributed by atoms with Gasteiger partial charge in [-0.25, -0.2) is 9.97 Å². The van der Waals surface area contributed by atoms with Gasteiger partial charge in [-0.1, -0.05) is 0 Å². The van der Waals surface area contributed by atoms with E-state index in [1.807, 2.05) is 30.6 Å². The van der Waals surface area contributed by atoms with E-state index in [1.54, 1.807) is 7.11 Å². The van der Waals surface area contributed by atoms with E-state index in [9.17, 15) is 0 Å². The zero-order valence-corrected chi connectivity index (χ0v) is 10.5. The van der Waals surface area contributed by atoms with Gasteiger partial charge in [0, 0.05) is 12.6 Å². The Kier molecular flexibility index (Phi) is 4.06. The minimum atomic E-state index is 0.738. The fraction of sp³-hybridized carbons (Fsp3) is 0.308. The number of ether oxygens (including phenoxy) is 1. The SMILES string of the molecule is COc1ccc(N)c(NCCCc2[nH]cc[nH+]2)c1. The number of methoxy groups -OCH3 is 1. The summed E-state index contributed by atoms with van der Waals surface area (Å²) in [5.41, 5.74) is 7.55. The molecule has 0 spiro atoms. The minimum absolute atomic E-state index is 0.738. The summed E-state index contributed by atoms with van der Waals surface area (Å²) in [5.74, 6) is 1.94. The Bertz CT molecular complexity index is 482. The molecular formula is C13H19N4O+. The predicted octanol–water partition coefficient (Wildman–Crippen LogP) is 1.46. The maximum atomic E-state index is 5.89. The van der Waals surface area contributed by atoms with E-state index in [4.69, 9.17) is 10.5 Å². The van der Waals surface area contributed by atoms with Crippen LogP contribution in [0.2, 0.25) is 0 Å². The quantitative estimate of drug-likeness (QED) is 0.534. The van der Waals surface area contributed by atoms with Gasteiger partial charge in [-0.05, 0) is 18.6 Å². The van der Waals surface area contributed by atoms with E-state index < -0.39 is 0 Å². The average Bonchev–Trinajstić information content (AvgIpc) is 2.89. The van der Waals surface area contributed by atoms with Crippen molar-refractivity contribution >= 4 is 11.4 Å². The Morgan fingerprint density at radius 2 is 2.33 bits per heavy atom. The number of aromatic nitrogens is 2. The Hall–Kier alpha value is -2.17. The normalized spacial score (nSPS) is 10.3. The first-order valence-electron chi connectivity index (χ1n) is 6.01. The van der Waals surface area contributed by atoms with Crippen molar-refractivity contribution in [2.45, 2.75) is 12.8 Å². The molecule has 5 nitrogen and oxygen atoms in total. The van der Waals surface area contributed by atoms with Crippen LogP contribution in [-0.2, 0) is 6.42 Å². The molecule has 0 aliphatic carbocycles. The van der Waals surface area contributed by atoms with Crippen molar-refractivity contribution in [3.8, 4) is 5.75 Å². The molecule has 1 aromatic heterocycles. The topological polar surface area (TPSA) is 77.2 Å². The van der Waals surface area contributed by atoms with E-state index in [0.717, 1.165) is 42.3 Å². The van der Waals surface area contributed by atoms with Crippen molar-refractivity contribution in [2.24, 2.45) is 0 Å². The Labute approximate surface area is 106 Å². The lowest BCUT2D eigenvalue weighted by Crippen LogP contribution is -2.10. The van der Waals surface area contributed by atoms with Crippen LogP contribution in [0.1, 0.15) is 12.2 Å². The number of H-pyrrole nitrogens is 2. The molecule has 0 saturated carbocycles. The molecule has 5 heteroatoms. The van der Waals surface area contributed by atoms with Gasteiger partial charge in [0.1, 0.15) is 18.1 Å². The summed E-state index contributed by atoms with van der Waals surface area (Å²) in [4.78, 5) is 6.27. The van der Waals surface area contributed by atoms with Gasteiger partial charge < -0.3 is 15.8 Å². The number of hydrogen-bond acceptors (Lipinski definition) is 3. The third-order valence-electron chi connectivity index (χ3n) is 2.78. The number of nitrogens with two attached hydrogens (primary N) is 1. The molecule has 0 bridgehead atoms. The summed E-state index contributed by atoms with van der Waals surface area (Å²) >= 11 is 0. The number of aromatic amines is 2. The van der Waals surface area contributed by atoms with Crippen LogP contribution in [0.25, 0.3) is 0 Å². The number of hydrogen-bond donors (Lipinski definition) is 3. The minimum Gasteiger partial charge on any atom is -0.497 e. The summed E-state index contributed by atoms with van der Waals surface area (Å²) in [6, 6.07) is 5.62. The second kappa shape index (κ2) is 5.95. The fourth-order valence-electron chi connectivity index (χ4n) is 1.77. The Morgan fingerprint density at radius 3 is 3.06 bits per heavy atom. The summed E-state index contributed by atoms with van der Waals surface area (Å²) in [5, 5.41) is 3.32. The van der Waals surface area contributed by atoms with Crippen LogP contribution in [-0.4, -0.2) is 18.6 Å². The maximum absolute atomic E-state index is 5.89. The molecule has 1 heterocycles. The summed E-state index contributed by atoms with van der Waals surface area (Å²) in [6.07, 6.45) is 5.78. The standard InChI is InChI=1S/C13H18N4O/c1-18-10-4-5-11(14)12(9-10)15-6-2-3-13-16-7-8-17-13/h4-5,7-9,15H,2-3,6,14H2,1H3,(H,16,17)/p+1. The number of imidazole rings is 1. The van der Waals surface area contributed by atoms with Gasteiger partial charge in [-0.2, -0.15) is 0 Å². The highest BCUT2D eigenvalue weighted by molar-refractivity contribution is 5.68. The first-order valence-corrected chi connectivity index (χ1v) is 6.01. The first-order chi connectivity index (χ1) is 8.79. The summed E-state index contributed by atoms with van der Waals surface area (Å²) in [6.45, 7) is 0.865. The Morgan fingerprint density at radius 1 is 1.44 bits per heavy atom. The summed E-state index contributed by atoms with van der Waals surface area (Å²) in [7, 11) is 1.65. The highest BCUT2D eigenvalue weighted by atomic mass is 16.5. The smallest absolute Gasteiger partial charge is 0.252 e. The largest absolute Gasteiger partial charge is 0.497 e. The molecule has 0 unspecified atom stereocenters. The third kappa shape index (κ3) is 3.16. The molecular weight excluding hydrogens is 228 g/mol. The number of rotatable bonds is 6. The highest BCUT2D eigenvalue weighted by Crippen LogP contribution is 2.24. The van der Waals surface area contributed by atoms with Gasteiger partial charge in [0.2, 0.25) is 0 Å². The molecule has 2 aromatic rings. The molecule has 2 rings (SSSR count). The lowest BCUT2D eigenvalue weighted by Gasteiger charge is -2.10. The molecule has 0 aliphatic rings. The van der Waals surface area contributed by atoms with E-state index in [0.29, 0.717) is 0 Å². The van der Waals surface area contributed by atoms with E-state index >= 15 is 0 Å². The van der Waals surface area contributed by atoms with Crippen molar-refractivity contribution in [3.63, 3.8) is 0 Å². The molecule has 96 valence electrons. The van der Waals surface area contributed by atoms with Gasteiger partial charge in [-0.3, -0.25) is 0 Å². The molecule has 0 aliphatic heterocycles. The fourth-order valence-corrected chi connectivity index (χ4v) is 1.77. The van der Waals surface area contributed by atoms with Crippen LogP contribution >= 0.6 is 0 Å². The number of benzene rings is 1. The van der Waals surface area contributed by atoms with Crippen molar-refractivity contribution < 1.29 is 9.72 Å². The average molecular weight is 247 g/mol.